The van der Waals surface area contributed by atoms with Crippen LogP contribution >= 0.6 is 0 Å². The summed E-state index contributed by atoms with van der Waals surface area (Å²) in [5.41, 5.74) is 2.20. The number of hydrogen-bond donors (Lipinski definition) is 0. The predicted octanol–water partition coefficient (Wildman–Crippen LogP) is 4.82. The number of para-hydroxylation sites is 1. The van der Waals surface area contributed by atoms with Crippen LogP contribution in [0.1, 0.15) is 25.3 Å². The number of fused-ring (bicyclic) bond motifs is 1. The van der Waals surface area contributed by atoms with Crippen molar-refractivity contribution >= 4 is 10.9 Å². The molecule has 2 aromatic carbocycles. The first-order valence-electron chi connectivity index (χ1n) is 7.93. The fourth-order valence-corrected chi connectivity index (χ4v) is 2.45. The van der Waals surface area contributed by atoms with E-state index in [4.69, 9.17) is 9.47 Å². The summed E-state index contributed by atoms with van der Waals surface area (Å²) in [5, 5.41) is 1.08. The summed E-state index contributed by atoms with van der Waals surface area (Å²) in [6.07, 6.45) is 1.78. The van der Waals surface area contributed by atoms with Crippen LogP contribution in [0.4, 0.5) is 0 Å². The van der Waals surface area contributed by atoms with Crippen LogP contribution in [0.3, 0.4) is 0 Å². The van der Waals surface area contributed by atoms with Crippen LogP contribution in [-0.4, -0.2) is 18.2 Å². The molecule has 3 aromatic rings. The zero-order valence-electron chi connectivity index (χ0n) is 13.5. The van der Waals surface area contributed by atoms with E-state index in [0.717, 1.165) is 22.4 Å². The van der Waals surface area contributed by atoms with E-state index < -0.39 is 0 Å². The number of pyridine rings is 1. The van der Waals surface area contributed by atoms with Gasteiger partial charge >= 0.3 is 0 Å². The quantitative estimate of drug-likeness (QED) is 0.612. The Morgan fingerprint density at radius 1 is 0.870 bits per heavy atom. The molecule has 1 heterocycles. The molecule has 23 heavy (non-hydrogen) atoms. The number of nitrogens with zero attached hydrogens (tertiary/aromatic N) is 1. The molecular weight excluding hydrogens is 286 g/mol. The largest absolute Gasteiger partial charge is 0.490 e. The molecule has 0 unspecified atom stereocenters. The van der Waals surface area contributed by atoms with E-state index in [1.165, 1.54) is 5.56 Å². The first kappa shape index (κ1) is 15.3. The van der Waals surface area contributed by atoms with E-state index in [1.54, 1.807) is 6.20 Å². The molecule has 3 nitrogen and oxygen atoms in total. The molecule has 3 rings (SSSR count). The van der Waals surface area contributed by atoms with Gasteiger partial charge in [-0.1, -0.05) is 44.2 Å². The van der Waals surface area contributed by atoms with Gasteiger partial charge in [0.1, 0.15) is 30.2 Å². The minimum atomic E-state index is 0.488. The lowest BCUT2D eigenvalue weighted by Gasteiger charge is -2.11. The third-order valence-electron chi connectivity index (χ3n) is 3.75. The third kappa shape index (κ3) is 3.81. The maximum Gasteiger partial charge on any atom is 0.145 e. The Morgan fingerprint density at radius 3 is 2.39 bits per heavy atom. The van der Waals surface area contributed by atoms with Crippen LogP contribution in [0.15, 0.2) is 60.8 Å². The Morgan fingerprint density at radius 2 is 1.61 bits per heavy atom. The first-order valence-corrected chi connectivity index (χ1v) is 7.93. The molecule has 0 saturated carbocycles. The number of ether oxygens (including phenoxy) is 2. The maximum absolute atomic E-state index is 5.82. The standard InChI is InChI=1S/C20H21NO2/c1-15(2)16-8-10-18(11-9-16)22-13-14-23-19-7-3-5-17-6-4-12-21-20(17)19/h3-12,15H,13-14H2,1-2H3. The summed E-state index contributed by atoms with van der Waals surface area (Å²) in [4.78, 5) is 4.38. The molecule has 0 amide bonds. The van der Waals surface area contributed by atoms with Gasteiger partial charge in [-0.3, -0.25) is 4.98 Å². The highest BCUT2D eigenvalue weighted by Crippen LogP contribution is 2.23. The monoisotopic (exact) mass is 307 g/mol. The number of rotatable bonds is 6. The molecular formula is C20H21NO2. The second kappa shape index (κ2) is 7.14. The van der Waals surface area contributed by atoms with Crippen LogP contribution in [-0.2, 0) is 0 Å². The molecule has 118 valence electrons. The lowest BCUT2D eigenvalue weighted by molar-refractivity contribution is 0.218. The molecule has 0 aliphatic heterocycles. The lowest BCUT2D eigenvalue weighted by Crippen LogP contribution is -2.09. The summed E-state index contributed by atoms with van der Waals surface area (Å²) in [5.74, 6) is 2.20. The Labute approximate surface area is 136 Å². The summed E-state index contributed by atoms with van der Waals surface area (Å²) < 4.78 is 11.5. The van der Waals surface area contributed by atoms with Gasteiger partial charge in [0.15, 0.2) is 0 Å². The average molecular weight is 307 g/mol. The molecule has 0 saturated heterocycles. The van der Waals surface area contributed by atoms with Gasteiger partial charge in [0, 0.05) is 11.6 Å². The van der Waals surface area contributed by atoms with Gasteiger partial charge in [-0.2, -0.15) is 0 Å². The highest BCUT2D eigenvalue weighted by Gasteiger charge is 2.03. The first-order chi connectivity index (χ1) is 11.2. The van der Waals surface area contributed by atoms with Crippen LogP contribution in [0, 0.1) is 0 Å². The Balaban J connectivity index is 1.55. The van der Waals surface area contributed by atoms with Crippen molar-refractivity contribution in [3.8, 4) is 11.5 Å². The van der Waals surface area contributed by atoms with Crippen molar-refractivity contribution < 1.29 is 9.47 Å². The number of hydrogen-bond acceptors (Lipinski definition) is 3. The second-order valence-electron chi connectivity index (χ2n) is 5.75. The van der Waals surface area contributed by atoms with Crippen LogP contribution in [0.5, 0.6) is 11.5 Å². The van der Waals surface area contributed by atoms with Crippen LogP contribution < -0.4 is 9.47 Å². The lowest BCUT2D eigenvalue weighted by atomic mass is 10.0. The van der Waals surface area contributed by atoms with Crippen molar-refractivity contribution in [3.05, 3.63) is 66.4 Å². The Kier molecular flexibility index (Phi) is 4.77. The number of benzene rings is 2. The molecule has 0 bridgehead atoms. The molecule has 3 heteroatoms. The summed E-state index contributed by atoms with van der Waals surface area (Å²) in [7, 11) is 0. The zero-order chi connectivity index (χ0) is 16.1. The predicted molar refractivity (Wildman–Crippen MR) is 93.3 cm³/mol. The normalized spacial score (nSPS) is 10.9. The van der Waals surface area contributed by atoms with Gasteiger partial charge in [-0.05, 0) is 35.7 Å². The molecule has 0 aliphatic carbocycles. The SMILES string of the molecule is CC(C)c1ccc(OCCOc2cccc3cccnc23)cc1. The van der Waals surface area contributed by atoms with Gasteiger partial charge in [-0.15, -0.1) is 0 Å². The Hall–Kier alpha value is -2.55. The fraction of sp³-hybridized carbons (Fsp3) is 0.250. The highest BCUT2D eigenvalue weighted by atomic mass is 16.5. The average Bonchev–Trinajstić information content (AvgIpc) is 2.59. The summed E-state index contributed by atoms with van der Waals surface area (Å²) >= 11 is 0. The van der Waals surface area contributed by atoms with Gasteiger partial charge in [-0.25, -0.2) is 0 Å². The summed E-state index contributed by atoms with van der Waals surface area (Å²) in [6, 6.07) is 18.1. The van der Waals surface area contributed by atoms with E-state index >= 15 is 0 Å². The molecule has 1 aromatic heterocycles. The molecule has 0 N–H and O–H groups in total. The molecule has 0 atom stereocenters. The van der Waals surface area contributed by atoms with Crippen molar-refractivity contribution in [2.75, 3.05) is 13.2 Å². The van der Waals surface area contributed by atoms with E-state index in [0.29, 0.717) is 19.1 Å². The smallest absolute Gasteiger partial charge is 0.145 e. The minimum absolute atomic E-state index is 0.488. The van der Waals surface area contributed by atoms with Gasteiger partial charge in [0.25, 0.3) is 0 Å². The van der Waals surface area contributed by atoms with Crippen LogP contribution in [0.2, 0.25) is 0 Å². The van der Waals surface area contributed by atoms with Gasteiger partial charge < -0.3 is 9.47 Å². The van der Waals surface area contributed by atoms with Crippen molar-refractivity contribution in [2.24, 2.45) is 0 Å². The van der Waals surface area contributed by atoms with Gasteiger partial charge in [0.2, 0.25) is 0 Å². The molecule has 0 aliphatic rings. The van der Waals surface area contributed by atoms with Crippen LogP contribution in [0.25, 0.3) is 10.9 Å². The summed E-state index contributed by atoms with van der Waals surface area (Å²) in [6.45, 7) is 5.36. The van der Waals surface area contributed by atoms with Crippen molar-refractivity contribution in [2.45, 2.75) is 19.8 Å². The van der Waals surface area contributed by atoms with E-state index in [9.17, 15) is 0 Å². The van der Waals surface area contributed by atoms with E-state index in [-0.39, 0.29) is 0 Å². The second-order valence-corrected chi connectivity index (χ2v) is 5.75. The van der Waals surface area contributed by atoms with Crippen molar-refractivity contribution in [3.63, 3.8) is 0 Å². The minimum Gasteiger partial charge on any atom is -0.490 e. The Bertz CT molecular complexity index is 761. The van der Waals surface area contributed by atoms with E-state index in [1.807, 2.05) is 42.5 Å². The molecule has 0 spiro atoms. The van der Waals surface area contributed by atoms with Crippen molar-refractivity contribution in [1.29, 1.82) is 0 Å². The fourth-order valence-electron chi connectivity index (χ4n) is 2.45. The zero-order valence-corrected chi connectivity index (χ0v) is 13.5. The number of aromatic nitrogens is 1. The van der Waals surface area contributed by atoms with Gasteiger partial charge in [0.05, 0.1) is 0 Å². The van der Waals surface area contributed by atoms with E-state index in [2.05, 4.69) is 31.0 Å². The topological polar surface area (TPSA) is 31.4 Å². The molecule has 0 fully saturated rings. The third-order valence-corrected chi connectivity index (χ3v) is 3.75. The van der Waals surface area contributed by atoms with Crippen molar-refractivity contribution in [1.82, 2.24) is 4.98 Å². The maximum atomic E-state index is 5.82. The highest BCUT2D eigenvalue weighted by molar-refractivity contribution is 5.84. The molecule has 0 radical (unpaired) electrons.